The molecular formula is C13H21N3O. The van der Waals surface area contributed by atoms with Crippen LogP contribution in [0.25, 0.3) is 0 Å². The van der Waals surface area contributed by atoms with Crippen LogP contribution in [0.15, 0.2) is 18.2 Å². The van der Waals surface area contributed by atoms with Crippen molar-refractivity contribution in [1.29, 1.82) is 0 Å². The zero-order valence-electron chi connectivity index (χ0n) is 10.9. The molecule has 0 saturated carbocycles. The molecule has 1 rings (SSSR count). The van der Waals surface area contributed by atoms with Gasteiger partial charge in [0.2, 0.25) is 5.88 Å². The van der Waals surface area contributed by atoms with Gasteiger partial charge in [0.25, 0.3) is 0 Å². The summed E-state index contributed by atoms with van der Waals surface area (Å²) >= 11 is 0. The summed E-state index contributed by atoms with van der Waals surface area (Å²) in [5.41, 5.74) is 0. The molecule has 0 radical (unpaired) electrons. The molecule has 94 valence electrons. The van der Waals surface area contributed by atoms with Crippen molar-refractivity contribution in [3.8, 4) is 5.88 Å². The van der Waals surface area contributed by atoms with E-state index < -0.39 is 0 Å². The number of allylic oxidation sites excluding steroid dienone is 1. The predicted molar refractivity (Wildman–Crippen MR) is 70.5 cm³/mol. The van der Waals surface area contributed by atoms with Crippen LogP contribution in [-0.4, -0.2) is 23.1 Å². The minimum atomic E-state index is 0.546. The Kier molecular flexibility index (Phi) is 6.07. The van der Waals surface area contributed by atoms with E-state index in [9.17, 15) is 0 Å². The Balaban J connectivity index is 2.78. The highest BCUT2D eigenvalue weighted by Crippen LogP contribution is 2.14. The van der Waals surface area contributed by atoms with Crippen molar-refractivity contribution in [2.75, 3.05) is 18.5 Å². The Labute approximate surface area is 103 Å². The third kappa shape index (κ3) is 4.85. The van der Waals surface area contributed by atoms with Crippen LogP contribution in [0.4, 0.5) is 5.82 Å². The average molecular weight is 235 g/mol. The minimum absolute atomic E-state index is 0.546. The van der Waals surface area contributed by atoms with Crippen molar-refractivity contribution in [1.82, 2.24) is 9.97 Å². The van der Waals surface area contributed by atoms with Gasteiger partial charge in [-0.05, 0) is 20.3 Å². The third-order valence-electron chi connectivity index (χ3n) is 2.14. The minimum Gasteiger partial charge on any atom is -0.473 e. The number of aromatic nitrogens is 2. The molecule has 4 nitrogen and oxygen atoms in total. The van der Waals surface area contributed by atoms with E-state index in [1.165, 1.54) is 0 Å². The number of hydrogen-bond donors (Lipinski definition) is 1. The molecule has 4 heteroatoms. The van der Waals surface area contributed by atoms with Crippen LogP contribution in [-0.2, 0) is 6.42 Å². The Morgan fingerprint density at radius 1 is 1.35 bits per heavy atom. The van der Waals surface area contributed by atoms with E-state index in [1.54, 1.807) is 0 Å². The highest BCUT2D eigenvalue weighted by atomic mass is 16.5. The molecule has 0 amide bonds. The lowest BCUT2D eigenvalue weighted by atomic mass is 10.3. The van der Waals surface area contributed by atoms with Gasteiger partial charge in [0.05, 0.1) is 0 Å². The lowest BCUT2D eigenvalue weighted by Gasteiger charge is -2.08. The van der Waals surface area contributed by atoms with Crippen LogP contribution >= 0.6 is 0 Å². The number of aryl methyl sites for hydroxylation is 1. The molecule has 0 aliphatic rings. The highest BCUT2D eigenvalue weighted by Gasteiger charge is 2.04. The second-order valence-corrected chi connectivity index (χ2v) is 3.67. The highest BCUT2D eigenvalue weighted by molar-refractivity contribution is 5.38. The molecule has 0 aliphatic heterocycles. The standard InChI is InChI=1S/C13H21N3O/c1-4-7-9-17-13-10-12(14-6-3)15-11(16-13)8-5-2/h4,7,10H,5-6,8-9H2,1-3H3,(H,14,15,16)/b7-4+. The molecule has 0 aromatic carbocycles. The molecule has 1 aromatic heterocycles. The van der Waals surface area contributed by atoms with Crippen LogP contribution in [0.3, 0.4) is 0 Å². The first-order valence-electron chi connectivity index (χ1n) is 6.15. The normalized spacial score (nSPS) is 10.8. The van der Waals surface area contributed by atoms with E-state index in [-0.39, 0.29) is 0 Å². The van der Waals surface area contributed by atoms with E-state index in [4.69, 9.17) is 4.74 Å². The quantitative estimate of drug-likeness (QED) is 0.738. The molecule has 0 atom stereocenters. The molecule has 0 fully saturated rings. The van der Waals surface area contributed by atoms with Crippen molar-refractivity contribution in [2.45, 2.75) is 33.6 Å². The Bertz CT molecular complexity index is 339. The molecule has 1 aromatic rings. The van der Waals surface area contributed by atoms with Gasteiger partial charge in [-0.1, -0.05) is 19.1 Å². The van der Waals surface area contributed by atoms with Crippen molar-refractivity contribution in [3.63, 3.8) is 0 Å². The van der Waals surface area contributed by atoms with Gasteiger partial charge in [-0.2, -0.15) is 4.98 Å². The molecule has 0 spiro atoms. The number of ether oxygens (including phenoxy) is 1. The smallest absolute Gasteiger partial charge is 0.219 e. The maximum atomic E-state index is 5.54. The summed E-state index contributed by atoms with van der Waals surface area (Å²) in [6.45, 7) is 7.52. The number of nitrogens with one attached hydrogen (secondary N) is 1. The number of anilines is 1. The molecule has 1 N–H and O–H groups in total. The Hall–Kier alpha value is -1.58. The van der Waals surface area contributed by atoms with Crippen LogP contribution in [0.2, 0.25) is 0 Å². The zero-order chi connectivity index (χ0) is 12.5. The van der Waals surface area contributed by atoms with Gasteiger partial charge in [0.15, 0.2) is 0 Å². The topological polar surface area (TPSA) is 47.0 Å². The Morgan fingerprint density at radius 3 is 2.82 bits per heavy atom. The van der Waals surface area contributed by atoms with Crippen LogP contribution in [0, 0.1) is 0 Å². The number of nitrogens with zero attached hydrogens (tertiary/aromatic N) is 2. The van der Waals surface area contributed by atoms with Crippen molar-refractivity contribution in [2.24, 2.45) is 0 Å². The predicted octanol–water partition coefficient (Wildman–Crippen LogP) is 2.82. The van der Waals surface area contributed by atoms with E-state index >= 15 is 0 Å². The van der Waals surface area contributed by atoms with Crippen LogP contribution < -0.4 is 10.1 Å². The fourth-order valence-corrected chi connectivity index (χ4v) is 1.38. The fourth-order valence-electron chi connectivity index (χ4n) is 1.38. The lowest BCUT2D eigenvalue weighted by molar-refractivity contribution is 0.346. The zero-order valence-corrected chi connectivity index (χ0v) is 10.9. The summed E-state index contributed by atoms with van der Waals surface area (Å²) < 4.78 is 5.54. The van der Waals surface area contributed by atoms with Gasteiger partial charge in [-0.3, -0.25) is 0 Å². The van der Waals surface area contributed by atoms with E-state index in [2.05, 4.69) is 22.2 Å². The maximum Gasteiger partial charge on any atom is 0.219 e. The maximum absolute atomic E-state index is 5.54. The molecule has 0 aliphatic carbocycles. The summed E-state index contributed by atoms with van der Waals surface area (Å²) in [7, 11) is 0. The molecule has 0 saturated heterocycles. The van der Waals surface area contributed by atoms with Crippen molar-refractivity contribution < 1.29 is 4.74 Å². The molecule has 0 unspecified atom stereocenters. The van der Waals surface area contributed by atoms with Crippen LogP contribution in [0.1, 0.15) is 33.0 Å². The van der Waals surface area contributed by atoms with E-state index in [1.807, 2.05) is 32.1 Å². The van der Waals surface area contributed by atoms with Gasteiger partial charge in [-0.15, -0.1) is 0 Å². The third-order valence-corrected chi connectivity index (χ3v) is 2.14. The number of rotatable bonds is 7. The fraction of sp³-hybridized carbons (Fsp3) is 0.538. The van der Waals surface area contributed by atoms with Crippen LogP contribution in [0.5, 0.6) is 5.88 Å². The average Bonchev–Trinajstić information content (AvgIpc) is 2.30. The first-order valence-corrected chi connectivity index (χ1v) is 6.15. The largest absolute Gasteiger partial charge is 0.473 e. The molecule has 17 heavy (non-hydrogen) atoms. The second kappa shape index (κ2) is 7.65. The summed E-state index contributed by atoms with van der Waals surface area (Å²) in [5.74, 6) is 2.31. The summed E-state index contributed by atoms with van der Waals surface area (Å²) in [6.07, 6.45) is 5.82. The van der Waals surface area contributed by atoms with Gasteiger partial charge in [0, 0.05) is 19.0 Å². The molecule has 0 bridgehead atoms. The SMILES string of the molecule is C/C=C/COc1cc(NCC)nc(CCC)n1. The monoisotopic (exact) mass is 235 g/mol. The molecule has 1 heterocycles. The lowest BCUT2D eigenvalue weighted by Crippen LogP contribution is -2.06. The van der Waals surface area contributed by atoms with Crippen molar-refractivity contribution >= 4 is 5.82 Å². The molecular weight excluding hydrogens is 214 g/mol. The first kappa shape index (κ1) is 13.5. The number of hydrogen-bond acceptors (Lipinski definition) is 4. The van der Waals surface area contributed by atoms with E-state index in [0.29, 0.717) is 12.5 Å². The van der Waals surface area contributed by atoms with Crippen molar-refractivity contribution in [3.05, 3.63) is 24.0 Å². The summed E-state index contributed by atoms with van der Waals surface area (Å²) in [5, 5.41) is 3.19. The first-order chi connectivity index (χ1) is 8.30. The van der Waals surface area contributed by atoms with Gasteiger partial charge in [-0.25, -0.2) is 4.98 Å². The van der Waals surface area contributed by atoms with E-state index in [0.717, 1.165) is 31.0 Å². The van der Waals surface area contributed by atoms with Gasteiger partial charge < -0.3 is 10.1 Å². The second-order valence-electron chi connectivity index (χ2n) is 3.67. The van der Waals surface area contributed by atoms with Gasteiger partial charge >= 0.3 is 0 Å². The van der Waals surface area contributed by atoms with Gasteiger partial charge in [0.1, 0.15) is 18.2 Å². The summed E-state index contributed by atoms with van der Waals surface area (Å²) in [6, 6.07) is 1.84. The Morgan fingerprint density at radius 2 is 2.18 bits per heavy atom. The summed E-state index contributed by atoms with van der Waals surface area (Å²) in [4.78, 5) is 8.79.